The number of sulfone groups is 1. The first-order valence-corrected chi connectivity index (χ1v) is 8.39. The summed E-state index contributed by atoms with van der Waals surface area (Å²) in [4.78, 5) is 1.12. The molecule has 1 heterocycles. The highest BCUT2D eigenvalue weighted by Crippen LogP contribution is 2.31. The van der Waals surface area contributed by atoms with Crippen molar-refractivity contribution < 1.29 is 8.42 Å². The molecular weight excluding hydrogens is 254 g/mol. The Morgan fingerprint density at radius 3 is 2.47 bits per heavy atom. The van der Waals surface area contributed by atoms with Crippen molar-refractivity contribution in [3.8, 4) is 0 Å². The molecule has 0 radical (unpaired) electrons. The van der Waals surface area contributed by atoms with Crippen LogP contribution in [0.5, 0.6) is 0 Å². The van der Waals surface area contributed by atoms with Crippen LogP contribution in [0.4, 0.5) is 0 Å². The molecule has 0 bridgehead atoms. The van der Waals surface area contributed by atoms with Gasteiger partial charge in [0, 0.05) is 16.2 Å². The van der Waals surface area contributed by atoms with Crippen LogP contribution in [0, 0.1) is 0 Å². The van der Waals surface area contributed by atoms with Gasteiger partial charge in [-0.1, -0.05) is 12.1 Å². The molecule has 0 saturated carbocycles. The number of hydrogen-bond acceptors (Lipinski definition) is 4. The molecular formula is C12H17NO2S2. The molecule has 1 aliphatic rings. The van der Waals surface area contributed by atoms with Crippen molar-refractivity contribution in [1.82, 2.24) is 0 Å². The van der Waals surface area contributed by atoms with Crippen LogP contribution >= 0.6 is 11.8 Å². The molecule has 1 aliphatic heterocycles. The molecule has 0 amide bonds. The van der Waals surface area contributed by atoms with Gasteiger partial charge < -0.3 is 5.73 Å². The van der Waals surface area contributed by atoms with E-state index < -0.39 is 9.84 Å². The highest BCUT2D eigenvalue weighted by Gasteiger charge is 2.28. The Hall–Kier alpha value is -0.520. The van der Waals surface area contributed by atoms with E-state index >= 15 is 0 Å². The highest BCUT2D eigenvalue weighted by atomic mass is 32.2. The lowest BCUT2D eigenvalue weighted by atomic mass is 10.1. The zero-order valence-corrected chi connectivity index (χ0v) is 11.4. The Balaban J connectivity index is 2.00. The summed E-state index contributed by atoms with van der Waals surface area (Å²) in [5.41, 5.74) is 6.88. The third kappa shape index (κ3) is 3.47. The summed E-state index contributed by atoms with van der Waals surface area (Å²) in [7, 11) is -2.78. The first-order valence-electron chi connectivity index (χ1n) is 5.69. The van der Waals surface area contributed by atoms with Crippen LogP contribution in [0.3, 0.4) is 0 Å². The van der Waals surface area contributed by atoms with Gasteiger partial charge in [0.1, 0.15) is 0 Å². The molecule has 1 aromatic rings. The Morgan fingerprint density at radius 1 is 1.35 bits per heavy atom. The van der Waals surface area contributed by atoms with Crippen LogP contribution in [0.1, 0.15) is 24.9 Å². The molecule has 17 heavy (non-hydrogen) atoms. The average molecular weight is 271 g/mol. The first kappa shape index (κ1) is 12.9. The van der Waals surface area contributed by atoms with Gasteiger partial charge in [0.05, 0.1) is 11.5 Å². The monoisotopic (exact) mass is 271 g/mol. The molecule has 1 fully saturated rings. The first-order chi connectivity index (χ1) is 7.96. The number of hydrogen-bond donors (Lipinski definition) is 1. The van der Waals surface area contributed by atoms with Gasteiger partial charge in [-0.3, -0.25) is 0 Å². The van der Waals surface area contributed by atoms with E-state index in [1.54, 1.807) is 11.8 Å². The smallest absolute Gasteiger partial charge is 0.151 e. The zero-order valence-electron chi connectivity index (χ0n) is 9.80. The third-order valence-corrected chi connectivity index (χ3v) is 6.16. The summed E-state index contributed by atoms with van der Waals surface area (Å²) in [6.45, 7) is 1.95. The Kier molecular flexibility index (Phi) is 3.80. The van der Waals surface area contributed by atoms with E-state index in [0.29, 0.717) is 11.5 Å². The number of nitrogens with two attached hydrogens (primary N) is 1. The number of benzene rings is 1. The fourth-order valence-electron chi connectivity index (χ4n) is 1.90. The molecule has 0 aliphatic carbocycles. The third-order valence-electron chi connectivity index (χ3n) is 2.90. The predicted molar refractivity (Wildman–Crippen MR) is 72.0 cm³/mol. The highest BCUT2D eigenvalue weighted by molar-refractivity contribution is 8.01. The van der Waals surface area contributed by atoms with Crippen molar-refractivity contribution in [3.63, 3.8) is 0 Å². The second-order valence-corrected chi connectivity index (χ2v) is 8.10. The molecule has 2 N–H and O–H groups in total. The van der Waals surface area contributed by atoms with E-state index in [1.165, 1.54) is 0 Å². The summed E-state index contributed by atoms with van der Waals surface area (Å²) in [6.07, 6.45) is 0.766. The second kappa shape index (κ2) is 5.00. The molecule has 2 unspecified atom stereocenters. The normalized spacial score (nSPS) is 24.7. The molecule has 1 aromatic carbocycles. The van der Waals surface area contributed by atoms with Gasteiger partial charge in [0.2, 0.25) is 0 Å². The van der Waals surface area contributed by atoms with Crippen molar-refractivity contribution >= 4 is 21.6 Å². The van der Waals surface area contributed by atoms with E-state index in [9.17, 15) is 8.42 Å². The van der Waals surface area contributed by atoms with E-state index in [1.807, 2.05) is 31.2 Å². The molecule has 94 valence electrons. The maximum absolute atomic E-state index is 11.3. The maximum Gasteiger partial charge on any atom is 0.151 e. The Morgan fingerprint density at radius 2 is 2.00 bits per heavy atom. The fourth-order valence-corrected chi connectivity index (χ4v) is 5.40. The lowest BCUT2D eigenvalue weighted by molar-refractivity contribution is 0.602. The predicted octanol–water partition coefficient (Wildman–Crippen LogP) is 1.99. The van der Waals surface area contributed by atoms with Crippen molar-refractivity contribution in [2.24, 2.45) is 5.73 Å². The van der Waals surface area contributed by atoms with E-state index in [0.717, 1.165) is 16.9 Å². The van der Waals surface area contributed by atoms with Crippen LogP contribution in [0.2, 0.25) is 0 Å². The van der Waals surface area contributed by atoms with E-state index in [4.69, 9.17) is 5.73 Å². The van der Waals surface area contributed by atoms with Gasteiger partial charge >= 0.3 is 0 Å². The topological polar surface area (TPSA) is 60.2 Å². The van der Waals surface area contributed by atoms with Gasteiger partial charge in [-0.15, -0.1) is 11.8 Å². The summed E-state index contributed by atoms with van der Waals surface area (Å²) in [5.74, 6) is 0.648. The fraction of sp³-hybridized carbons (Fsp3) is 0.500. The summed E-state index contributed by atoms with van der Waals surface area (Å²) < 4.78 is 22.7. The van der Waals surface area contributed by atoms with Crippen LogP contribution in [0.25, 0.3) is 0 Å². The minimum absolute atomic E-state index is 0.0425. The lowest BCUT2D eigenvalue weighted by Crippen LogP contribution is -2.06. The van der Waals surface area contributed by atoms with Crippen LogP contribution < -0.4 is 5.73 Å². The van der Waals surface area contributed by atoms with Crippen LogP contribution in [0.15, 0.2) is 29.2 Å². The van der Waals surface area contributed by atoms with Gasteiger partial charge in [0.25, 0.3) is 0 Å². The van der Waals surface area contributed by atoms with Gasteiger partial charge in [0.15, 0.2) is 9.84 Å². The van der Waals surface area contributed by atoms with Crippen molar-refractivity contribution in [3.05, 3.63) is 29.8 Å². The van der Waals surface area contributed by atoms with Gasteiger partial charge in [-0.25, -0.2) is 8.42 Å². The Labute approximate surface area is 107 Å². The second-order valence-electron chi connectivity index (χ2n) is 4.50. The molecule has 5 heteroatoms. The summed E-state index contributed by atoms with van der Waals surface area (Å²) in [6, 6.07) is 8.11. The average Bonchev–Trinajstić information content (AvgIpc) is 2.59. The molecule has 1 saturated heterocycles. The SMILES string of the molecule is CC(N)c1ccc(SC2CCS(=O)(=O)C2)cc1. The largest absolute Gasteiger partial charge is 0.324 e. The van der Waals surface area contributed by atoms with E-state index in [-0.39, 0.29) is 11.3 Å². The van der Waals surface area contributed by atoms with Crippen molar-refractivity contribution in [2.45, 2.75) is 29.5 Å². The van der Waals surface area contributed by atoms with Crippen LogP contribution in [-0.2, 0) is 9.84 Å². The standard InChI is InChI=1S/C12H17NO2S2/c1-9(13)10-2-4-11(5-3-10)16-12-6-7-17(14,15)8-12/h2-5,9,12H,6-8,13H2,1H3. The maximum atomic E-state index is 11.3. The molecule has 0 spiro atoms. The van der Waals surface area contributed by atoms with E-state index in [2.05, 4.69) is 0 Å². The van der Waals surface area contributed by atoms with Crippen molar-refractivity contribution in [1.29, 1.82) is 0 Å². The summed E-state index contributed by atoms with van der Waals surface area (Å²) >= 11 is 1.65. The zero-order chi connectivity index (χ0) is 12.5. The lowest BCUT2D eigenvalue weighted by Gasteiger charge is -2.09. The van der Waals surface area contributed by atoms with Crippen LogP contribution in [-0.4, -0.2) is 25.2 Å². The van der Waals surface area contributed by atoms with Gasteiger partial charge in [-0.2, -0.15) is 0 Å². The molecule has 2 atom stereocenters. The molecule has 3 nitrogen and oxygen atoms in total. The number of thioether (sulfide) groups is 1. The minimum Gasteiger partial charge on any atom is -0.324 e. The molecule has 0 aromatic heterocycles. The Bertz CT molecular complexity index is 480. The summed E-state index contributed by atoms with van der Waals surface area (Å²) in [5, 5.41) is 0.209. The van der Waals surface area contributed by atoms with Gasteiger partial charge in [-0.05, 0) is 31.0 Å². The number of rotatable bonds is 3. The quantitative estimate of drug-likeness (QED) is 0.913. The van der Waals surface area contributed by atoms with Crippen molar-refractivity contribution in [2.75, 3.05) is 11.5 Å². The minimum atomic E-state index is -2.78. The molecule has 2 rings (SSSR count).